The van der Waals surface area contributed by atoms with Crippen molar-refractivity contribution >= 4 is 23.2 Å². The van der Waals surface area contributed by atoms with Crippen LogP contribution in [0.25, 0.3) is 0 Å². The molecule has 4 heteroatoms. The molecule has 0 N–H and O–H groups in total. The van der Waals surface area contributed by atoms with Crippen LogP contribution in [-0.2, 0) is 0 Å². The summed E-state index contributed by atoms with van der Waals surface area (Å²) in [6, 6.07) is 1.95. The lowest BCUT2D eigenvalue weighted by molar-refractivity contribution is 1.17. The number of hydrogen-bond donors (Lipinski definition) is 0. The highest BCUT2D eigenvalue weighted by molar-refractivity contribution is 6.41. The zero-order valence-electron chi connectivity index (χ0n) is 6.65. The molecule has 0 spiro atoms. The van der Waals surface area contributed by atoms with Crippen molar-refractivity contribution in [2.75, 3.05) is 0 Å². The smallest absolute Gasteiger partial charge is 0.149 e. The molecule has 0 amide bonds. The number of aromatic nitrogens is 1. The van der Waals surface area contributed by atoms with Crippen LogP contribution < -0.4 is 0 Å². The molecule has 1 rings (SSSR count). The van der Waals surface area contributed by atoms with Gasteiger partial charge in [-0.05, 0) is 25.0 Å². The highest BCUT2D eigenvalue weighted by Crippen LogP contribution is 2.26. The van der Waals surface area contributed by atoms with Crippen LogP contribution in [0.15, 0.2) is 0 Å². The molecule has 12 heavy (non-hydrogen) atoms. The first-order valence-corrected chi connectivity index (χ1v) is 4.05. The fraction of sp³-hybridized carbons (Fsp3) is 0.250. The molecule has 0 saturated carbocycles. The Morgan fingerprint density at radius 3 is 2.33 bits per heavy atom. The summed E-state index contributed by atoms with van der Waals surface area (Å²) in [5.74, 6) is 0. The Morgan fingerprint density at radius 1 is 1.25 bits per heavy atom. The monoisotopic (exact) mass is 200 g/mol. The summed E-state index contributed by atoms with van der Waals surface area (Å²) in [6.07, 6.45) is 0. The van der Waals surface area contributed by atoms with Gasteiger partial charge in [0.15, 0.2) is 0 Å². The standard InChI is InChI=1S/C8H6Cl2N2/c1-4-5(2)7(9)8(10)12-6(4)3-11/h1-2H3. The molecule has 0 aliphatic carbocycles. The molecule has 0 saturated heterocycles. The SMILES string of the molecule is Cc1c(C#N)nc(Cl)c(Cl)c1C. The van der Waals surface area contributed by atoms with Crippen LogP contribution in [0, 0.1) is 25.2 Å². The van der Waals surface area contributed by atoms with Gasteiger partial charge < -0.3 is 0 Å². The second-order valence-corrected chi connectivity index (χ2v) is 3.16. The first kappa shape index (κ1) is 9.31. The number of halogens is 2. The van der Waals surface area contributed by atoms with Crippen LogP contribution >= 0.6 is 23.2 Å². The third kappa shape index (κ3) is 1.38. The Bertz CT molecular complexity index is 366. The Hall–Kier alpha value is -0.780. The number of nitriles is 1. The molecule has 1 heterocycles. The zero-order chi connectivity index (χ0) is 9.30. The zero-order valence-corrected chi connectivity index (χ0v) is 8.16. The minimum absolute atomic E-state index is 0.191. The molecule has 1 aromatic heterocycles. The van der Waals surface area contributed by atoms with E-state index < -0.39 is 0 Å². The molecule has 0 unspecified atom stereocenters. The fourth-order valence-corrected chi connectivity index (χ4v) is 1.25. The van der Waals surface area contributed by atoms with Gasteiger partial charge in [-0.25, -0.2) is 4.98 Å². The Labute approximate surface area is 80.7 Å². The summed E-state index contributed by atoms with van der Waals surface area (Å²) < 4.78 is 0. The minimum Gasteiger partial charge on any atom is -0.224 e. The maximum Gasteiger partial charge on any atom is 0.149 e. The van der Waals surface area contributed by atoms with Gasteiger partial charge in [-0.3, -0.25) is 0 Å². The molecular formula is C8H6Cl2N2. The van der Waals surface area contributed by atoms with Crippen molar-refractivity contribution in [3.63, 3.8) is 0 Å². The average Bonchev–Trinajstić information content (AvgIpc) is 2.08. The van der Waals surface area contributed by atoms with Crippen molar-refractivity contribution in [3.05, 3.63) is 27.0 Å². The molecule has 2 nitrogen and oxygen atoms in total. The van der Waals surface area contributed by atoms with E-state index in [2.05, 4.69) is 4.98 Å². The van der Waals surface area contributed by atoms with Crippen molar-refractivity contribution in [1.82, 2.24) is 4.98 Å². The molecular weight excluding hydrogens is 195 g/mol. The van der Waals surface area contributed by atoms with E-state index in [0.29, 0.717) is 10.7 Å². The normalized spacial score (nSPS) is 9.58. The summed E-state index contributed by atoms with van der Waals surface area (Å²) in [5, 5.41) is 9.26. The van der Waals surface area contributed by atoms with Crippen LogP contribution in [0.2, 0.25) is 10.2 Å². The van der Waals surface area contributed by atoms with Crippen molar-refractivity contribution in [3.8, 4) is 6.07 Å². The maximum atomic E-state index is 8.64. The molecule has 0 aromatic carbocycles. The molecule has 0 aliphatic heterocycles. The fourth-order valence-electron chi connectivity index (χ4n) is 0.837. The summed E-state index contributed by atoms with van der Waals surface area (Å²) in [4.78, 5) is 3.82. The Balaban J connectivity index is 3.52. The van der Waals surface area contributed by atoms with E-state index in [1.54, 1.807) is 6.92 Å². The van der Waals surface area contributed by atoms with Gasteiger partial charge in [0.25, 0.3) is 0 Å². The van der Waals surface area contributed by atoms with Crippen molar-refractivity contribution < 1.29 is 0 Å². The topological polar surface area (TPSA) is 36.7 Å². The molecule has 62 valence electrons. The third-order valence-electron chi connectivity index (χ3n) is 1.74. The van der Waals surface area contributed by atoms with E-state index in [-0.39, 0.29) is 5.15 Å². The van der Waals surface area contributed by atoms with Crippen LogP contribution in [-0.4, -0.2) is 4.98 Å². The van der Waals surface area contributed by atoms with E-state index in [9.17, 15) is 0 Å². The molecule has 0 bridgehead atoms. The van der Waals surface area contributed by atoms with Gasteiger partial charge >= 0.3 is 0 Å². The van der Waals surface area contributed by atoms with Crippen LogP contribution in [0.4, 0.5) is 0 Å². The summed E-state index contributed by atoms with van der Waals surface area (Å²) in [7, 11) is 0. The largest absolute Gasteiger partial charge is 0.224 e. The maximum absolute atomic E-state index is 8.64. The number of rotatable bonds is 0. The van der Waals surface area contributed by atoms with E-state index >= 15 is 0 Å². The van der Waals surface area contributed by atoms with Crippen molar-refractivity contribution in [2.45, 2.75) is 13.8 Å². The quantitative estimate of drug-likeness (QED) is 0.605. The predicted octanol–water partition coefficient (Wildman–Crippen LogP) is 2.88. The lowest BCUT2D eigenvalue weighted by atomic mass is 10.1. The molecule has 0 aliphatic rings. The summed E-state index contributed by atoms with van der Waals surface area (Å²) >= 11 is 11.5. The van der Waals surface area contributed by atoms with Gasteiger partial charge in [0.2, 0.25) is 0 Å². The van der Waals surface area contributed by atoms with E-state index in [1.807, 2.05) is 13.0 Å². The molecule has 0 atom stereocenters. The average molecular weight is 201 g/mol. The van der Waals surface area contributed by atoms with E-state index in [0.717, 1.165) is 11.1 Å². The summed E-state index contributed by atoms with van der Waals surface area (Å²) in [6.45, 7) is 3.61. The lowest BCUT2D eigenvalue weighted by Gasteiger charge is -2.04. The van der Waals surface area contributed by atoms with Gasteiger partial charge in [0.1, 0.15) is 16.9 Å². The van der Waals surface area contributed by atoms with Crippen LogP contribution in [0.1, 0.15) is 16.8 Å². The predicted molar refractivity (Wildman–Crippen MR) is 48.4 cm³/mol. The third-order valence-corrected chi connectivity index (χ3v) is 2.58. The molecule has 0 fully saturated rings. The molecule has 0 radical (unpaired) electrons. The number of pyridine rings is 1. The lowest BCUT2D eigenvalue weighted by Crippen LogP contribution is -1.94. The van der Waals surface area contributed by atoms with E-state index in [4.69, 9.17) is 28.5 Å². The van der Waals surface area contributed by atoms with Gasteiger partial charge in [0, 0.05) is 0 Å². The number of hydrogen-bond acceptors (Lipinski definition) is 2. The molecule has 1 aromatic rings. The highest BCUT2D eigenvalue weighted by Gasteiger charge is 2.10. The second kappa shape index (κ2) is 3.30. The first-order chi connectivity index (χ1) is 5.57. The summed E-state index contributed by atoms with van der Waals surface area (Å²) in [5.41, 5.74) is 1.93. The van der Waals surface area contributed by atoms with Gasteiger partial charge in [-0.1, -0.05) is 23.2 Å². The minimum atomic E-state index is 0.191. The van der Waals surface area contributed by atoms with Crippen LogP contribution in [0.3, 0.4) is 0 Å². The van der Waals surface area contributed by atoms with Gasteiger partial charge in [-0.2, -0.15) is 5.26 Å². The van der Waals surface area contributed by atoms with Gasteiger partial charge in [-0.15, -0.1) is 0 Å². The highest BCUT2D eigenvalue weighted by atomic mass is 35.5. The van der Waals surface area contributed by atoms with E-state index in [1.165, 1.54) is 0 Å². The van der Waals surface area contributed by atoms with Gasteiger partial charge in [0.05, 0.1) is 5.02 Å². The Kier molecular flexibility index (Phi) is 2.56. The second-order valence-electron chi connectivity index (χ2n) is 2.43. The number of nitrogens with zero attached hydrogens (tertiary/aromatic N) is 2. The van der Waals surface area contributed by atoms with Crippen LogP contribution in [0.5, 0.6) is 0 Å². The first-order valence-electron chi connectivity index (χ1n) is 3.30. The Morgan fingerprint density at radius 2 is 1.83 bits per heavy atom. The van der Waals surface area contributed by atoms with Crippen molar-refractivity contribution in [1.29, 1.82) is 5.26 Å². The van der Waals surface area contributed by atoms with Crippen molar-refractivity contribution in [2.24, 2.45) is 0 Å².